The van der Waals surface area contributed by atoms with Crippen molar-refractivity contribution in [3.05, 3.63) is 59.7 Å². The molecule has 3 nitrogen and oxygen atoms in total. The second kappa shape index (κ2) is 6.93. The molecule has 0 bridgehead atoms. The minimum atomic E-state index is -0.0829. The van der Waals surface area contributed by atoms with Gasteiger partial charge < -0.3 is 5.32 Å². The Bertz CT molecular complexity index is 588. The molecule has 3 heteroatoms. The van der Waals surface area contributed by atoms with Gasteiger partial charge in [-0.25, -0.2) is 4.79 Å². The Morgan fingerprint density at radius 2 is 1.62 bits per heavy atom. The van der Waals surface area contributed by atoms with E-state index in [1.54, 1.807) is 4.90 Å². The lowest BCUT2D eigenvalue weighted by Gasteiger charge is -2.23. The molecule has 0 heterocycles. The van der Waals surface area contributed by atoms with Gasteiger partial charge in [-0.3, -0.25) is 4.90 Å². The lowest BCUT2D eigenvalue weighted by Crippen LogP contribution is -2.36. The number of hydrogen-bond acceptors (Lipinski definition) is 1. The Morgan fingerprint density at radius 3 is 2.19 bits per heavy atom. The number of aryl methyl sites for hydroxylation is 2. The Balaban J connectivity index is 2.24. The summed E-state index contributed by atoms with van der Waals surface area (Å²) in [5, 5.41) is 3.05. The number of nitrogens with zero attached hydrogens (tertiary/aromatic N) is 1. The first kappa shape index (κ1) is 15.1. The van der Waals surface area contributed by atoms with Gasteiger partial charge in [0.2, 0.25) is 0 Å². The van der Waals surface area contributed by atoms with Crippen LogP contribution >= 0.6 is 0 Å². The Morgan fingerprint density at radius 1 is 1.00 bits per heavy atom. The molecule has 0 aromatic heterocycles. The average Bonchev–Trinajstić information content (AvgIpc) is 2.49. The first-order valence-corrected chi connectivity index (χ1v) is 7.33. The third-order valence-electron chi connectivity index (χ3n) is 3.47. The van der Waals surface area contributed by atoms with E-state index in [-0.39, 0.29) is 6.03 Å². The van der Waals surface area contributed by atoms with Crippen molar-refractivity contribution in [2.75, 3.05) is 16.8 Å². The van der Waals surface area contributed by atoms with Gasteiger partial charge in [-0.2, -0.15) is 0 Å². The van der Waals surface area contributed by atoms with Gasteiger partial charge in [-0.1, -0.05) is 43.3 Å². The number of amides is 2. The Labute approximate surface area is 126 Å². The average molecular weight is 282 g/mol. The maximum atomic E-state index is 12.6. The summed E-state index contributed by atoms with van der Waals surface area (Å²) >= 11 is 0. The summed E-state index contributed by atoms with van der Waals surface area (Å²) < 4.78 is 0. The molecule has 2 amide bonds. The molecule has 0 aliphatic rings. The van der Waals surface area contributed by atoms with Crippen LogP contribution in [0.5, 0.6) is 0 Å². The SMILES string of the molecule is CCCN(C(=O)Nc1c(C)cccc1C)c1ccccc1. The van der Waals surface area contributed by atoms with Crippen LogP contribution in [0.25, 0.3) is 0 Å². The van der Waals surface area contributed by atoms with Crippen LogP contribution in [0.4, 0.5) is 16.2 Å². The van der Waals surface area contributed by atoms with Gasteiger partial charge in [0.05, 0.1) is 0 Å². The zero-order valence-corrected chi connectivity index (χ0v) is 12.9. The van der Waals surface area contributed by atoms with Gasteiger partial charge in [0.1, 0.15) is 0 Å². The monoisotopic (exact) mass is 282 g/mol. The normalized spacial score (nSPS) is 10.2. The van der Waals surface area contributed by atoms with E-state index in [4.69, 9.17) is 0 Å². The van der Waals surface area contributed by atoms with Gasteiger partial charge in [0.15, 0.2) is 0 Å². The molecule has 0 unspecified atom stereocenters. The van der Waals surface area contributed by atoms with Crippen molar-refractivity contribution < 1.29 is 4.79 Å². The smallest absolute Gasteiger partial charge is 0.307 e. The van der Waals surface area contributed by atoms with Gasteiger partial charge in [0, 0.05) is 17.9 Å². The van der Waals surface area contributed by atoms with E-state index >= 15 is 0 Å². The third kappa shape index (κ3) is 3.63. The van der Waals surface area contributed by atoms with Crippen LogP contribution in [0.2, 0.25) is 0 Å². The van der Waals surface area contributed by atoms with Crippen molar-refractivity contribution in [3.8, 4) is 0 Å². The standard InChI is InChI=1S/C18H22N2O/c1-4-13-20(16-11-6-5-7-12-16)18(21)19-17-14(2)9-8-10-15(17)3/h5-12H,4,13H2,1-3H3,(H,19,21). The number of carbonyl (C=O) groups excluding carboxylic acids is 1. The highest BCUT2D eigenvalue weighted by Gasteiger charge is 2.16. The molecule has 110 valence electrons. The highest BCUT2D eigenvalue weighted by Crippen LogP contribution is 2.21. The third-order valence-corrected chi connectivity index (χ3v) is 3.47. The zero-order chi connectivity index (χ0) is 15.2. The van der Waals surface area contributed by atoms with Crippen molar-refractivity contribution in [3.63, 3.8) is 0 Å². The molecule has 2 aromatic rings. The number of benzene rings is 2. The maximum Gasteiger partial charge on any atom is 0.326 e. The second-order valence-corrected chi connectivity index (χ2v) is 5.18. The number of hydrogen-bond donors (Lipinski definition) is 1. The molecule has 0 saturated heterocycles. The predicted molar refractivity (Wildman–Crippen MR) is 89.0 cm³/mol. The van der Waals surface area contributed by atoms with Crippen LogP contribution in [-0.2, 0) is 0 Å². The molecule has 0 saturated carbocycles. The van der Waals surface area contributed by atoms with Gasteiger partial charge in [-0.15, -0.1) is 0 Å². The quantitative estimate of drug-likeness (QED) is 0.862. The van der Waals surface area contributed by atoms with Crippen LogP contribution in [0.15, 0.2) is 48.5 Å². The molecule has 0 spiro atoms. The van der Waals surface area contributed by atoms with Crippen LogP contribution < -0.4 is 10.2 Å². The summed E-state index contributed by atoms with van der Waals surface area (Å²) in [5.74, 6) is 0. The van der Waals surface area contributed by atoms with Crippen LogP contribution in [0.3, 0.4) is 0 Å². The summed E-state index contributed by atoms with van der Waals surface area (Å²) in [6.07, 6.45) is 0.912. The van der Waals surface area contributed by atoms with Crippen LogP contribution in [0.1, 0.15) is 24.5 Å². The predicted octanol–water partition coefficient (Wildman–Crippen LogP) is 4.75. The van der Waals surface area contributed by atoms with E-state index in [0.29, 0.717) is 6.54 Å². The summed E-state index contributed by atoms with van der Waals surface area (Å²) in [7, 11) is 0. The van der Waals surface area contributed by atoms with Crippen LogP contribution in [0, 0.1) is 13.8 Å². The van der Waals surface area contributed by atoms with Crippen molar-refractivity contribution in [1.29, 1.82) is 0 Å². The van der Waals surface area contributed by atoms with Crippen molar-refractivity contribution >= 4 is 17.4 Å². The minimum absolute atomic E-state index is 0.0829. The second-order valence-electron chi connectivity index (χ2n) is 5.18. The molecule has 2 aromatic carbocycles. The lowest BCUT2D eigenvalue weighted by atomic mass is 10.1. The van der Waals surface area contributed by atoms with Crippen molar-refractivity contribution in [2.45, 2.75) is 27.2 Å². The molecule has 0 radical (unpaired) electrons. The largest absolute Gasteiger partial charge is 0.326 e. The number of rotatable bonds is 4. The number of urea groups is 1. The molecule has 0 aliphatic heterocycles. The minimum Gasteiger partial charge on any atom is -0.307 e. The summed E-state index contributed by atoms with van der Waals surface area (Å²) in [6, 6.07) is 15.7. The molecule has 1 N–H and O–H groups in total. The fraction of sp³-hybridized carbons (Fsp3) is 0.278. The fourth-order valence-corrected chi connectivity index (χ4v) is 2.37. The first-order chi connectivity index (χ1) is 10.1. The fourth-order valence-electron chi connectivity index (χ4n) is 2.37. The van der Waals surface area contributed by atoms with E-state index in [1.165, 1.54) is 0 Å². The maximum absolute atomic E-state index is 12.6. The number of para-hydroxylation sites is 2. The highest BCUT2D eigenvalue weighted by atomic mass is 16.2. The molecule has 0 atom stereocenters. The van der Waals surface area contributed by atoms with Crippen LogP contribution in [-0.4, -0.2) is 12.6 Å². The topological polar surface area (TPSA) is 32.3 Å². The molecule has 2 rings (SSSR count). The number of nitrogens with one attached hydrogen (secondary N) is 1. The summed E-state index contributed by atoms with van der Waals surface area (Å²) in [4.78, 5) is 14.4. The number of anilines is 2. The Kier molecular flexibility index (Phi) is 4.99. The zero-order valence-electron chi connectivity index (χ0n) is 12.9. The highest BCUT2D eigenvalue weighted by molar-refractivity contribution is 6.02. The van der Waals surface area contributed by atoms with Crippen molar-refractivity contribution in [1.82, 2.24) is 0 Å². The molecule has 0 fully saturated rings. The molecular formula is C18H22N2O. The first-order valence-electron chi connectivity index (χ1n) is 7.33. The van der Waals surface area contributed by atoms with Crippen molar-refractivity contribution in [2.24, 2.45) is 0 Å². The van der Waals surface area contributed by atoms with E-state index < -0.39 is 0 Å². The lowest BCUT2D eigenvalue weighted by molar-refractivity contribution is 0.257. The van der Waals surface area contributed by atoms with E-state index in [0.717, 1.165) is 28.9 Å². The summed E-state index contributed by atoms with van der Waals surface area (Å²) in [6.45, 7) is 6.79. The number of carbonyl (C=O) groups is 1. The summed E-state index contributed by atoms with van der Waals surface area (Å²) in [5.41, 5.74) is 3.98. The van der Waals surface area contributed by atoms with Gasteiger partial charge in [0.25, 0.3) is 0 Å². The van der Waals surface area contributed by atoms with Gasteiger partial charge in [-0.05, 0) is 43.5 Å². The molecular weight excluding hydrogens is 260 g/mol. The van der Waals surface area contributed by atoms with E-state index in [1.807, 2.05) is 62.4 Å². The van der Waals surface area contributed by atoms with E-state index in [2.05, 4.69) is 12.2 Å². The van der Waals surface area contributed by atoms with E-state index in [9.17, 15) is 4.79 Å². The van der Waals surface area contributed by atoms with Gasteiger partial charge >= 0.3 is 6.03 Å². The molecule has 0 aliphatic carbocycles. The molecule has 21 heavy (non-hydrogen) atoms. The Hall–Kier alpha value is -2.29.